The Morgan fingerprint density at radius 3 is 2.55 bits per heavy atom. The number of ether oxygens (including phenoxy) is 1. The van der Waals surface area contributed by atoms with Crippen LogP contribution in [0.3, 0.4) is 0 Å². The zero-order valence-electron chi connectivity index (χ0n) is 11.0. The molecule has 0 aliphatic heterocycles. The van der Waals surface area contributed by atoms with Gasteiger partial charge in [0.2, 0.25) is 0 Å². The van der Waals surface area contributed by atoms with Crippen molar-refractivity contribution >= 4 is 11.8 Å². The van der Waals surface area contributed by atoms with Crippen molar-refractivity contribution in [2.45, 2.75) is 10.1 Å². The van der Waals surface area contributed by atoms with E-state index in [1.807, 2.05) is 24.3 Å². The molecule has 2 aromatic rings. The number of hydrogen-bond donors (Lipinski definition) is 1. The van der Waals surface area contributed by atoms with E-state index < -0.39 is 11.6 Å². The van der Waals surface area contributed by atoms with Crippen molar-refractivity contribution in [2.75, 3.05) is 13.7 Å². The topological polar surface area (TPSA) is 35.2 Å². The average Bonchev–Trinajstić information content (AvgIpc) is 2.48. The van der Waals surface area contributed by atoms with Crippen LogP contribution >= 0.6 is 11.8 Å². The maximum atomic E-state index is 13.2. The van der Waals surface area contributed by atoms with Crippen LogP contribution in [-0.4, -0.2) is 13.7 Å². The second-order valence-electron chi connectivity index (χ2n) is 4.16. The van der Waals surface area contributed by atoms with E-state index in [1.165, 1.54) is 17.8 Å². The number of halogens is 2. The summed E-state index contributed by atoms with van der Waals surface area (Å²) in [6.45, 7) is 0.365. The monoisotopic (exact) mass is 295 g/mol. The molecule has 20 heavy (non-hydrogen) atoms. The first-order chi connectivity index (χ1) is 9.65. The lowest BCUT2D eigenvalue weighted by atomic mass is 10.1. The number of para-hydroxylation sites is 1. The van der Waals surface area contributed by atoms with Crippen molar-refractivity contribution in [3.05, 3.63) is 59.7 Å². The zero-order chi connectivity index (χ0) is 14.5. The largest absolute Gasteiger partial charge is 0.496 e. The van der Waals surface area contributed by atoms with Gasteiger partial charge in [0, 0.05) is 17.0 Å². The number of rotatable bonds is 5. The van der Waals surface area contributed by atoms with Crippen LogP contribution in [0.25, 0.3) is 0 Å². The first-order valence-corrected chi connectivity index (χ1v) is 6.98. The van der Waals surface area contributed by atoms with Gasteiger partial charge in [0.1, 0.15) is 5.75 Å². The lowest BCUT2D eigenvalue weighted by Crippen LogP contribution is -2.10. The van der Waals surface area contributed by atoms with E-state index >= 15 is 0 Å². The van der Waals surface area contributed by atoms with Crippen LogP contribution in [0.2, 0.25) is 0 Å². The summed E-state index contributed by atoms with van der Waals surface area (Å²) in [5, 5.41) is -0.0870. The van der Waals surface area contributed by atoms with Gasteiger partial charge in [-0.3, -0.25) is 0 Å². The van der Waals surface area contributed by atoms with Gasteiger partial charge in [0.15, 0.2) is 11.6 Å². The SMILES string of the molecule is COc1ccccc1C(CN)Sc1ccc(F)c(F)c1. The first kappa shape index (κ1) is 14.8. The molecule has 0 saturated carbocycles. The summed E-state index contributed by atoms with van der Waals surface area (Å²) in [5.74, 6) is -0.972. The van der Waals surface area contributed by atoms with Crippen molar-refractivity contribution in [1.82, 2.24) is 0 Å². The van der Waals surface area contributed by atoms with Crippen molar-refractivity contribution in [2.24, 2.45) is 5.73 Å². The Bertz CT molecular complexity index is 592. The molecule has 0 spiro atoms. The predicted octanol–water partition coefficient (Wildman–Crippen LogP) is 3.77. The zero-order valence-corrected chi connectivity index (χ0v) is 11.8. The van der Waals surface area contributed by atoms with Gasteiger partial charge in [-0.05, 0) is 24.3 Å². The molecule has 0 aliphatic carbocycles. The molecule has 106 valence electrons. The summed E-state index contributed by atoms with van der Waals surface area (Å²) in [4.78, 5) is 0.630. The summed E-state index contributed by atoms with van der Waals surface area (Å²) in [5.41, 5.74) is 6.74. The molecule has 1 unspecified atom stereocenters. The fraction of sp³-hybridized carbons (Fsp3) is 0.200. The van der Waals surface area contributed by atoms with Crippen LogP contribution in [0.4, 0.5) is 8.78 Å². The first-order valence-electron chi connectivity index (χ1n) is 6.10. The molecule has 2 rings (SSSR count). The van der Waals surface area contributed by atoms with E-state index in [0.29, 0.717) is 11.4 Å². The third kappa shape index (κ3) is 3.29. The van der Waals surface area contributed by atoms with Crippen LogP contribution in [0.5, 0.6) is 5.75 Å². The fourth-order valence-corrected chi connectivity index (χ4v) is 2.95. The number of benzene rings is 2. The fourth-order valence-electron chi connectivity index (χ4n) is 1.89. The number of hydrogen-bond acceptors (Lipinski definition) is 3. The van der Waals surface area contributed by atoms with Crippen molar-refractivity contribution in [3.8, 4) is 5.75 Å². The average molecular weight is 295 g/mol. The maximum Gasteiger partial charge on any atom is 0.159 e. The van der Waals surface area contributed by atoms with Gasteiger partial charge in [-0.25, -0.2) is 8.78 Å². The molecular weight excluding hydrogens is 280 g/mol. The Kier molecular flexibility index (Phi) is 4.98. The highest BCUT2D eigenvalue weighted by atomic mass is 32.2. The predicted molar refractivity (Wildman–Crippen MR) is 77.0 cm³/mol. The second kappa shape index (κ2) is 6.72. The molecule has 5 heteroatoms. The highest BCUT2D eigenvalue weighted by Crippen LogP contribution is 2.38. The molecule has 1 atom stereocenters. The van der Waals surface area contributed by atoms with E-state index in [2.05, 4.69) is 0 Å². The molecule has 0 heterocycles. The molecule has 0 radical (unpaired) electrons. The maximum absolute atomic E-state index is 13.2. The molecule has 0 bridgehead atoms. The van der Waals surface area contributed by atoms with Gasteiger partial charge in [-0.1, -0.05) is 18.2 Å². The Hall–Kier alpha value is -1.59. The molecule has 0 aliphatic rings. The third-order valence-corrected chi connectivity index (χ3v) is 4.13. The Morgan fingerprint density at radius 2 is 1.90 bits per heavy atom. The van der Waals surface area contributed by atoms with Gasteiger partial charge in [-0.15, -0.1) is 11.8 Å². The second-order valence-corrected chi connectivity index (χ2v) is 5.44. The molecule has 2 N–H and O–H groups in total. The minimum Gasteiger partial charge on any atom is -0.496 e. The third-order valence-electron chi connectivity index (χ3n) is 2.87. The highest BCUT2D eigenvalue weighted by molar-refractivity contribution is 7.99. The Labute approximate surface area is 120 Å². The lowest BCUT2D eigenvalue weighted by molar-refractivity contribution is 0.409. The van der Waals surface area contributed by atoms with E-state index in [-0.39, 0.29) is 5.25 Å². The highest BCUT2D eigenvalue weighted by Gasteiger charge is 2.16. The minimum absolute atomic E-state index is 0.0870. The quantitative estimate of drug-likeness (QED) is 0.853. The smallest absolute Gasteiger partial charge is 0.159 e. The molecule has 0 fully saturated rings. The van der Waals surface area contributed by atoms with Crippen LogP contribution in [0.15, 0.2) is 47.4 Å². The van der Waals surface area contributed by atoms with E-state index in [1.54, 1.807) is 13.2 Å². The van der Waals surface area contributed by atoms with E-state index in [9.17, 15) is 8.78 Å². The van der Waals surface area contributed by atoms with Crippen molar-refractivity contribution in [3.63, 3.8) is 0 Å². The minimum atomic E-state index is -0.856. The van der Waals surface area contributed by atoms with E-state index in [0.717, 1.165) is 17.4 Å². The molecule has 2 nitrogen and oxygen atoms in total. The van der Waals surface area contributed by atoms with Crippen LogP contribution in [-0.2, 0) is 0 Å². The van der Waals surface area contributed by atoms with Crippen LogP contribution < -0.4 is 10.5 Å². The van der Waals surface area contributed by atoms with Gasteiger partial charge in [0.25, 0.3) is 0 Å². The molecule has 0 saturated heterocycles. The summed E-state index contributed by atoms with van der Waals surface area (Å²) in [6.07, 6.45) is 0. The molecular formula is C15H15F2NOS. The number of thioether (sulfide) groups is 1. The Morgan fingerprint density at radius 1 is 1.15 bits per heavy atom. The Balaban J connectivity index is 2.26. The van der Waals surface area contributed by atoms with Crippen LogP contribution in [0, 0.1) is 11.6 Å². The van der Waals surface area contributed by atoms with Crippen molar-refractivity contribution in [1.29, 1.82) is 0 Å². The lowest BCUT2D eigenvalue weighted by Gasteiger charge is -2.17. The van der Waals surface area contributed by atoms with E-state index in [4.69, 9.17) is 10.5 Å². The normalized spacial score (nSPS) is 12.2. The van der Waals surface area contributed by atoms with Gasteiger partial charge in [-0.2, -0.15) is 0 Å². The molecule has 0 amide bonds. The summed E-state index contributed by atoms with van der Waals surface area (Å²) >= 11 is 1.38. The standard InChI is InChI=1S/C15H15F2NOS/c1-19-14-5-3-2-4-11(14)15(9-18)20-10-6-7-12(16)13(17)8-10/h2-8,15H,9,18H2,1H3. The van der Waals surface area contributed by atoms with Gasteiger partial charge >= 0.3 is 0 Å². The molecule has 2 aromatic carbocycles. The molecule has 0 aromatic heterocycles. The van der Waals surface area contributed by atoms with Gasteiger partial charge in [0.05, 0.1) is 12.4 Å². The summed E-state index contributed by atoms with van der Waals surface area (Å²) in [7, 11) is 1.59. The van der Waals surface area contributed by atoms with Gasteiger partial charge < -0.3 is 10.5 Å². The van der Waals surface area contributed by atoms with Crippen molar-refractivity contribution < 1.29 is 13.5 Å². The van der Waals surface area contributed by atoms with Crippen LogP contribution in [0.1, 0.15) is 10.8 Å². The number of nitrogens with two attached hydrogens (primary N) is 1. The summed E-state index contributed by atoms with van der Waals surface area (Å²) in [6, 6.07) is 11.4. The summed E-state index contributed by atoms with van der Waals surface area (Å²) < 4.78 is 31.5. The number of methoxy groups -OCH3 is 1.